The molecule has 4 aromatic carbocycles. The molecule has 0 fully saturated rings. The molecular formula is C31H22Br2Cl2N2. The van der Waals surface area contributed by atoms with Crippen molar-refractivity contribution in [2.24, 2.45) is 0 Å². The van der Waals surface area contributed by atoms with Gasteiger partial charge in [-0.2, -0.15) is 0 Å². The first-order valence-electron chi connectivity index (χ1n) is 12.0. The summed E-state index contributed by atoms with van der Waals surface area (Å²) in [7, 11) is 0. The van der Waals surface area contributed by atoms with Gasteiger partial charge in [0, 0.05) is 72.7 Å². The van der Waals surface area contributed by atoms with Crippen molar-refractivity contribution in [3.8, 4) is 0 Å². The lowest BCUT2D eigenvalue weighted by Gasteiger charge is -2.06. The van der Waals surface area contributed by atoms with Gasteiger partial charge < -0.3 is 9.13 Å². The van der Waals surface area contributed by atoms with Crippen LogP contribution in [0.15, 0.2) is 106 Å². The number of nitrogens with zero attached hydrogens (tertiary/aromatic N) is 2. The van der Waals surface area contributed by atoms with Gasteiger partial charge in [0.2, 0.25) is 0 Å². The van der Waals surface area contributed by atoms with Gasteiger partial charge in [-0.3, -0.25) is 0 Å². The predicted molar refractivity (Wildman–Crippen MR) is 163 cm³/mol. The molecule has 0 unspecified atom stereocenters. The van der Waals surface area contributed by atoms with Crippen LogP contribution in [0.2, 0.25) is 10.0 Å². The van der Waals surface area contributed by atoms with Crippen LogP contribution in [-0.4, -0.2) is 9.13 Å². The summed E-state index contributed by atoms with van der Waals surface area (Å²) in [5, 5.41) is 4.03. The van der Waals surface area contributed by atoms with E-state index in [1.165, 1.54) is 44.1 Å². The van der Waals surface area contributed by atoms with E-state index < -0.39 is 0 Å². The fourth-order valence-corrected chi connectivity index (χ4v) is 5.98. The van der Waals surface area contributed by atoms with Crippen LogP contribution in [0, 0.1) is 0 Å². The van der Waals surface area contributed by atoms with Crippen molar-refractivity contribution >= 4 is 76.9 Å². The first kappa shape index (κ1) is 24.8. The molecule has 0 spiro atoms. The third kappa shape index (κ3) is 5.26. The number of aromatic nitrogens is 2. The van der Waals surface area contributed by atoms with Crippen molar-refractivity contribution in [2.75, 3.05) is 0 Å². The third-order valence-corrected chi connectivity index (χ3v) is 8.26. The maximum atomic E-state index is 6.12. The number of rotatable bonds is 6. The van der Waals surface area contributed by atoms with Crippen molar-refractivity contribution in [1.82, 2.24) is 9.13 Å². The van der Waals surface area contributed by atoms with E-state index in [1.54, 1.807) is 0 Å². The first-order chi connectivity index (χ1) is 17.9. The van der Waals surface area contributed by atoms with Crippen LogP contribution >= 0.6 is 55.1 Å². The highest BCUT2D eigenvalue weighted by molar-refractivity contribution is 9.10. The van der Waals surface area contributed by atoms with Gasteiger partial charge in [0.1, 0.15) is 0 Å². The van der Waals surface area contributed by atoms with Crippen LogP contribution in [0.5, 0.6) is 0 Å². The summed E-state index contributed by atoms with van der Waals surface area (Å²) in [6.07, 6.45) is 5.43. The average molecular weight is 653 g/mol. The molecule has 6 heteroatoms. The number of hydrogen-bond acceptors (Lipinski definition) is 0. The molecule has 6 aromatic rings. The third-order valence-electron chi connectivity index (χ3n) is 6.76. The number of fused-ring (bicyclic) bond motifs is 2. The van der Waals surface area contributed by atoms with Crippen LogP contribution in [0.25, 0.3) is 21.8 Å². The Balaban J connectivity index is 1.41. The number of hydrogen-bond donors (Lipinski definition) is 0. The molecule has 0 radical (unpaired) electrons. The van der Waals surface area contributed by atoms with Crippen LogP contribution in [-0.2, 0) is 19.5 Å². The zero-order valence-corrected chi connectivity index (χ0v) is 24.4. The quantitative estimate of drug-likeness (QED) is 0.169. The molecule has 0 aliphatic rings. The molecule has 184 valence electrons. The Labute approximate surface area is 242 Å². The average Bonchev–Trinajstić information content (AvgIpc) is 3.39. The van der Waals surface area contributed by atoms with E-state index in [1.807, 2.05) is 24.3 Å². The molecule has 0 N–H and O–H groups in total. The minimum atomic E-state index is 0.756. The van der Waals surface area contributed by atoms with E-state index in [0.717, 1.165) is 38.5 Å². The minimum Gasteiger partial charge on any atom is -0.343 e. The maximum absolute atomic E-state index is 6.12. The minimum absolute atomic E-state index is 0.756. The monoisotopic (exact) mass is 650 g/mol. The molecule has 6 rings (SSSR count). The van der Waals surface area contributed by atoms with Crippen molar-refractivity contribution in [3.05, 3.63) is 139 Å². The van der Waals surface area contributed by atoms with E-state index in [0.29, 0.717) is 0 Å². The Kier molecular flexibility index (Phi) is 6.93. The summed E-state index contributed by atoms with van der Waals surface area (Å²) < 4.78 is 6.84. The molecule has 2 nitrogen and oxygen atoms in total. The van der Waals surface area contributed by atoms with Crippen LogP contribution < -0.4 is 0 Å². The fourth-order valence-electron chi connectivity index (χ4n) is 5.01. The van der Waals surface area contributed by atoms with E-state index in [4.69, 9.17) is 23.2 Å². The summed E-state index contributed by atoms with van der Waals surface area (Å²) in [5.41, 5.74) is 7.49. The Morgan fingerprint density at radius 1 is 0.541 bits per heavy atom. The van der Waals surface area contributed by atoms with Gasteiger partial charge in [-0.1, -0.05) is 79.3 Å². The lowest BCUT2D eigenvalue weighted by atomic mass is 10.0. The zero-order valence-electron chi connectivity index (χ0n) is 19.8. The summed E-state index contributed by atoms with van der Waals surface area (Å²) in [6.45, 7) is 1.58. The second kappa shape index (κ2) is 10.3. The molecule has 0 aliphatic heterocycles. The molecule has 0 bridgehead atoms. The van der Waals surface area contributed by atoms with Crippen LogP contribution in [0.4, 0.5) is 0 Å². The normalized spacial score (nSPS) is 11.6. The summed E-state index contributed by atoms with van der Waals surface area (Å²) in [6, 6.07) is 29.2. The fraction of sp³-hybridized carbons (Fsp3) is 0.0968. The molecular weight excluding hydrogens is 631 g/mol. The molecule has 2 heterocycles. The number of halogens is 4. The van der Waals surface area contributed by atoms with Crippen molar-refractivity contribution in [2.45, 2.75) is 19.5 Å². The van der Waals surface area contributed by atoms with Gasteiger partial charge in [0.15, 0.2) is 0 Å². The van der Waals surface area contributed by atoms with Crippen molar-refractivity contribution in [1.29, 1.82) is 0 Å². The van der Waals surface area contributed by atoms with E-state index in [2.05, 4.69) is 114 Å². The Bertz CT molecular complexity index is 1600. The highest BCUT2D eigenvalue weighted by Crippen LogP contribution is 2.32. The Morgan fingerprint density at radius 2 is 0.946 bits per heavy atom. The lowest BCUT2D eigenvalue weighted by Crippen LogP contribution is -1.98. The van der Waals surface area contributed by atoms with Gasteiger partial charge >= 0.3 is 0 Å². The lowest BCUT2D eigenvalue weighted by molar-refractivity contribution is 0.827. The standard InChI is InChI=1S/C31H22Br2Cl2N2/c32-24-5-11-30-28(14-24)22(18-36(30)16-20-1-7-26(34)8-2-20)13-23-19-37(17-21-3-9-27(35)10-4-21)31-12-6-25(33)15-29(23)31/h1-12,14-15,18-19H,13,16-17H2. The first-order valence-corrected chi connectivity index (χ1v) is 14.3. The highest BCUT2D eigenvalue weighted by atomic mass is 79.9. The topological polar surface area (TPSA) is 9.86 Å². The number of benzene rings is 4. The van der Waals surface area contributed by atoms with Gasteiger partial charge in [-0.25, -0.2) is 0 Å². The summed E-state index contributed by atoms with van der Waals surface area (Å²) in [5.74, 6) is 0. The SMILES string of the molecule is Clc1ccc(Cn2cc(Cc3cn(Cc4ccc(Cl)cc4)c4ccc(Br)cc34)c3cc(Br)ccc32)cc1. The Morgan fingerprint density at radius 3 is 1.35 bits per heavy atom. The smallest absolute Gasteiger partial charge is 0.0487 e. The largest absolute Gasteiger partial charge is 0.343 e. The molecule has 2 aromatic heterocycles. The van der Waals surface area contributed by atoms with E-state index >= 15 is 0 Å². The van der Waals surface area contributed by atoms with Gasteiger partial charge in [0.25, 0.3) is 0 Å². The van der Waals surface area contributed by atoms with Crippen LogP contribution in [0.3, 0.4) is 0 Å². The second-order valence-electron chi connectivity index (χ2n) is 9.32. The predicted octanol–water partition coefficient (Wildman–Crippen LogP) is 10.1. The molecule has 0 aliphatic carbocycles. The molecule has 37 heavy (non-hydrogen) atoms. The summed E-state index contributed by atoms with van der Waals surface area (Å²) >= 11 is 19.6. The maximum Gasteiger partial charge on any atom is 0.0487 e. The second-order valence-corrected chi connectivity index (χ2v) is 12.0. The van der Waals surface area contributed by atoms with Crippen molar-refractivity contribution in [3.63, 3.8) is 0 Å². The van der Waals surface area contributed by atoms with Crippen LogP contribution in [0.1, 0.15) is 22.3 Å². The Hall–Kier alpha value is -2.50. The highest BCUT2D eigenvalue weighted by Gasteiger charge is 2.15. The van der Waals surface area contributed by atoms with Gasteiger partial charge in [-0.15, -0.1) is 0 Å². The molecule has 0 saturated carbocycles. The van der Waals surface area contributed by atoms with E-state index in [9.17, 15) is 0 Å². The molecule has 0 atom stereocenters. The zero-order chi connectivity index (χ0) is 25.5. The molecule has 0 amide bonds. The molecule has 0 saturated heterocycles. The van der Waals surface area contributed by atoms with Crippen molar-refractivity contribution < 1.29 is 0 Å². The van der Waals surface area contributed by atoms with Gasteiger partial charge in [-0.05, 0) is 82.9 Å². The van der Waals surface area contributed by atoms with E-state index in [-0.39, 0.29) is 0 Å². The van der Waals surface area contributed by atoms with Gasteiger partial charge in [0.05, 0.1) is 0 Å². The summed E-state index contributed by atoms with van der Waals surface area (Å²) in [4.78, 5) is 0.